The van der Waals surface area contributed by atoms with Gasteiger partial charge in [0, 0.05) is 47.3 Å². The molecular weight excluding hydrogens is 883 g/mol. The lowest BCUT2D eigenvalue weighted by atomic mass is 10.2. The van der Waals surface area contributed by atoms with Gasteiger partial charge in [0.2, 0.25) is 10.9 Å². The molecule has 0 aliphatic carbocycles. The Kier molecular flexibility index (Phi) is 11.9. The highest BCUT2D eigenvalue weighted by Crippen LogP contribution is 2.42. The van der Waals surface area contributed by atoms with Crippen LogP contribution in [0.5, 0.6) is 0 Å². The molecule has 6 aromatic rings. The van der Waals surface area contributed by atoms with Crippen LogP contribution in [-0.4, -0.2) is 52.6 Å². The van der Waals surface area contributed by atoms with Crippen molar-refractivity contribution in [3.63, 3.8) is 0 Å². The Bertz CT molecular complexity index is 2050. The number of hydrogen-bond donors (Lipinski definition) is 0. The number of fused-ring (bicyclic) bond motifs is 2. The number of ether oxygens (including phenoxy) is 2. The molecule has 0 bridgehead atoms. The zero-order valence-corrected chi connectivity index (χ0v) is 31.9. The van der Waals surface area contributed by atoms with Gasteiger partial charge in [-0.2, -0.15) is 0 Å². The molecule has 13 heteroatoms. The Labute approximate surface area is 309 Å². The lowest BCUT2D eigenvalue weighted by Gasteiger charge is -2.26. The maximum absolute atomic E-state index is 12.5. The normalized spacial score (nSPS) is 14.8. The van der Waals surface area contributed by atoms with Crippen LogP contribution in [0.2, 0.25) is 0 Å². The summed E-state index contributed by atoms with van der Waals surface area (Å²) in [7, 11) is 0. The van der Waals surface area contributed by atoms with E-state index in [1.165, 1.54) is 26.2 Å². The van der Waals surface area contributed by atoms with E-state index in [1.807, 2.05) is 58.8 Å². The van der Waals surface area contributed by atoms with E-state index < -0.39 is 0 Å². The smallest absolute Gasteiger partial charge is 0.204 e. The molecule has 244 valence electrons. The van der Waals surface area contributed by atoms with E-state index in [1.54, 1.807) is 12.1 Å². The minimum Gasteiger partial charge on any atom is -0.438 e. The van der Waals surface area contributed by atoms with Gasteiger partial charge in [0.1, 0.15) is 9.40 Å². The third-order valence-corrected chi connectivity index (χ3v) is 12.1. The number of halogens is 3. The first-order chi connectivity index (χ1) is 22.9. The molecule has 0 atom stereocenters. The van der Waals surface area contributed by atoms with Crippen molar-refractivity contribution in [2.75, 3.05) is 62.4 Å². The molecule has 2 aliphatic rings. The van der Waals surface area contributed by atoms with Crippen LogP contribution in [0.25, 0.3) is 31.0 Å². The Morgan fingerprint density at radius 2 is 1.19 bits per heavy atom. The van der Waals surface area contributed by atoms with Crippen molar-refractivity contribution in [1.29, 1.82) is 0 Å². The zero-order chi connectivity index (χ0) is 32.8. The average Bonchev–Trinajstić information content (AvgIpc) is 3.66. The van der Waals surface area contributed by atoms with Crippen LogP contribution in [0.4, 0.5) is 11.8 Å². The summed E-state index contributed by atoms with van der Waals surface area (Å²) in [5.41, 5.74) is 2.36. The number of thiophene rings is 2. The van der Waals surface area contributed by atoms with Gasteiger partial charge in [-0.1, -0.05) is 48.5 Å². The SMILES string of the molecule is Ic1ccccc1.O=c1cc(N2CCOCC2)oc2c(Br)c(-c3ccccc3)sc12.O=c1cc(N2CCOCC2)oc2c(Br)csc12. The second kappa shape index (κ2) is 16.2. The van der Waals surface area contributed by atoms with Crippen molar-refractivity contribution < 1.29 is 18.3 Å². The lowest BCUT2D eigenvalue weighted by molar-refractivity contribution is 0.120. The first-order valence-corrected chi connectivity index (χ1v) is 19.1. The van der Waals surface area contributed by atoms with Crippen LogP contribution < -0.4 is 20.7 Å². The number of morpholine rings is 2. The molecule has 0 spiro atoms. The van der Waals surface area contributed by atoms with E-state index in [2.05, 4.69) is 71.5 Å². The first-order valence-electron chi connectivity index (χ1n) is 14.8. The molecule has 0 radical (unpaired) electrons. The fourth-order valence-electron chi connectivity index (χ4n) is 4.93. The van der Waals surface area contributed by atoms with Crippen LogP contribution in [0.15, 0.2) is 106 Å². The Balaban J connectivity index is 0.000000141. The van der Waals surface area contributed by atoms with Gasteiger partial charge in [0.05, 0.1) is 40.3 Å². The van der Waals surface area contributed by atoms with Crippen molar-refractivity contribution >= 4 is 109 Å². The molecule has 8 rings (SSSR count). The van der Waals surface area contributed by atoms with Gasteiger partial charge in [-0.25, -0.2) is 0 Å². The lowest BCUT2D eigenvalue weighted by Crippen LogP contribution is -2.36. The van der Waals surface area contributed by atoms with Gasteiger partial charge < -0.3 is 28.1 Å². The maximum atomic E-state index is 12.5. The summed E-state index contributed by atoms with van der Waals surface area (Å²) in [4.78, 5) is 29.5. The number of hydrogen-bond acceptors (Lipinski definition) is 10. The van der Waals surface area contributed by atoms with Crippen LogP contribution >= 0.6 is 77.1 Å². The van der Waals surface area contributed by atoms with Crippen molar-refractivity contribution in [3.8, 4) is 10.4 Å². The van der Waals surface area contributed by atoms with Crippen molar-refractivity contribution in [2.24, 2.45) is 0 Å². The van der Waals surface area contributed by atoms with Gasteiger partial charge in [0.15, 0.2) is 22.9 Å². The third-order valence-electron chi connectivity index (χ3n) is 7.30. The summed E-state index contributed by atoms with van der Waals surface area (Å²) < 4.78 is 26.8. The molecule has 0 unspecified atom stereocenters. The molecule has 2 aliphatic heterocycles. The van der Waals surface area contributed by atoms with E-state index in [-0.39, 0.29) is 10.9 Å². The molecule has 2 fully saturated rings. The average molecular weight is 912 g/mol. The van der Waals surface area contributed by atoms with Crippen molar-refractivity contribution in [3.05, 3.63) is 111 Å². The molecule has 0 N–H and O–H groups in total. The first kappa shape index (κ1) is 34.3. The summed E-state index contributed by atoms with van der Waals surface area (Å²) in [5, 5.41) is 1.87. The molecule has 8 nitrogen and oxygen atoms in total. The molecule has 0 amide bonds. The fraction of sp³-hybridized carbons (Fsp3) is 0.235. The van der Waals surface area contributed by atoms with Crippen LogP contribution in [-0.2, 0) is 9.47 Å². The quantitative estimate of drug-likeness (QED) is 0.163. The summed E-state index contributed by atoms with van der Waals surface area (Å²) >= 11 is 12.2. The molecule has 0 saturated carbocycles. The summed E-state index contributed by atoms with van der Waals surface area (Å²) in [6.45, 7) is 5.65. The molecule has 2 aromatic carbocycles. The predicted octanol–water partition coefficient (Wildman–Crippen LogP) is 8.87. The zero-order valence-electron chi connectivity index (χ0n) is 25.0. The fourth-order valence-corrected chi connectivity index (χ4v) is 8.72. The van der Waals surface area contributed by atoms with E-state index in [4.69, 9.17) is 18.3 Å². The van der Waals surface area contributed by atoms with Crippen molar-refractivity contribution in [1.82, 2.24) is 0 Å². The third kappa shape index (κ3) is 8.38. The summed E-state index contributed by atoms with van der Waals surface area (Å²) in [6, 6.07) is 23.4. The second-order valence-electron chi connectivity index (χ2n) is 10.4. The van der Waals surface area contributed by atoms with E-state index >= 15 is 0 Å². The molecule has 47 heavy (non-hydrogen) atoms. The van der Waals surface area contributed by atoms with Gasteiger partial charge in [-0.05, 0) is 72.1 Å². The summed E-state index contributed by atoms with van der Waals surface area (Å²) in [6.07, 6.45) is 0. The van der Waals surface area contributed by atoms with E-state index in [0.717, 1.165) is 45.6 Å². The maximum Gasteiger partial charge on any atom is 0.204 e. The molecular formula is C34H29Br2IN2O6S2. The monoisotopic (exact) mass is 910 g/mol. The van der Waals surface area contributed by atoms with Gasteiger partial charge >= 0.3 is 0 Å². The number of anilines is 2. The Morgan fingerprint density at radius 3 is 1.72 bits per heavy atom. The van der Waals surface area contributed by atoms with Gasteiger partial charge in [-0.15, -0.1) is 22.7 Å². The summed E-state index contributed by atoms with van der Waals surface area (Å²) in [5.74, 6) is 1.24. The molecule has 6 heterocycles. The number of benzene rings is 2. The van der Waals surface area contributed by atoms with Crippen LogP contribution in [0.1, 0.15) is 0 Å². The highest BCUT2D eigenvalue weighted by molar-refractivity contribution is 14.1. The highest BCUT2D eigenvalue weighted by Gasteiger charge is 2.21. The largest absolute Gasteiger partial charge is 0.438 e. The number of nitrogens with zero attached hydrogens (tertiary/aromatic N) is 2. The second-order valence-corrected chi connectivity index (χ2v) is 15.2. The van der Waals surface area contributed by atoms with Crippen LogP contribution in [0.3, 0.4) is 0 Å². The minimum absolute atomic E-state index is 0.000577. The van der Waals surface area contributed by atoms with Gasteiger partial charge in [-0.3, -0.25) is 9.59 Å². The molecule has 4 aromatic heterocycles. The number of rotatable bonds is 3. The highest BCUT2D eigenvalue weighted by atomic mass is 127. The van der Waals surface area contributed by atoms with Crippen molar-refractivity contribution in [2.45, 2.75) is 0 Å². The topological polar surface area (TPSA) is 85.4 Å². The van der Waals surface area contributed by atoms with Gasteiger partial charge in [0.25, 0.3) is 0 Å². The predicted molar refractivity (Wildman–Crippen MR) is 207 cm³/mol. The molecule has 2 saturated heterocycles. The minimum atomic E-state index is 0.000577. The standard InChI is InChI=1S/C17H14BrNO3S.C11H10BrNO3S.C6H5I/c18-14-15-17(23-16(14)11-4-2-1-3-5-11)12(20)10-13(22-15)19-6-8-21-9-7-19;12-7-6-17-11-8(14)5-9(16-10(7)11)13-1-3-15-4-2-13;7-6-4-2-1-3-5-6/h1-5,10H,6-9H2;5-6H,1-4H2;1-5H. The van der Waals surface area contributed by atoms with Crippen LogP contribution in [0, 0.1) is 3.57 Å². The van der Waals surface area contributed by atoms with E-state index in [9.17, 15) is 9.59 Å². The van der Waals surface area contributed by atoms with E-state index in [0.29, 0.717) is 58.8 Å². The Hall–Kier alpha value is -2.53. The Morgan fingerprint density at radius 1 is 0.681 bits per heavy atom.